The number of hydrazine groups is 2. The molecule has 4 aliphatic rings. The molecule has 1 aromatic carbocycles. The van der Waals surface area contributed by atoms with Crippen LogP contribution in [-0.4, -0.2) is 89.6 Å². The smallest absolute Gasteiger partial charge is 0.358 e. The minimum absolute atomic E-state index is 0.0463. The highest BCUT2D eigenvalue weighted by Crippen LogP contribution is 2.32. The van der Waals surface area contributed by atoms with Gasteiger partial charge in [-0.05, 0) is 38.0 Å². The molecule has 5 amide bonds. The van der Waals surface area contributed by atoms with Gasteiger partial charge in [-0.15, -0.1) is 0 Å². The van der Waals surface area contributed by atoms with Gasteiger partial charge in [-0.2, -0.15) is 0 Å². The molecule has 0 bridgehead atoms. The first-order chi connectivity index (χ1) is 17.9. The highest BCUT2D eigenvalue weighted by molar-refractivity contribution is 5.97. The van der Waals surface area contributed by atoms with Crippen LogP contribution in [0.2, 0.25) is 0 Å². The standard InChI is InChI=1S/C23H27N5O9/c1-2-34-22-14(11-19(30)37-22)24-21(32)15-4-3-8-27-18(29)7-9-26(23(33)28(15)27)25-20(31)13-5-6-16-17(10-13)36-12-35-16/h5-6,10,14-15,22H,2-4,7-9,11-12H2,1H3,(H,24,32)(H,25,31). The molecule has 0 spiro atoms. The molecule has 2 N–H and O–H groups in total. The number of carbonyl (C=O) groups excluding carboxylic acids is 5. The number of benzene rings is 1. The number of nitrogens with one attached hydrogen (secondary N) is 2. The van der Waals surface area contributed by atoms with Crippen LogP contribution in [0.3, 0.4) is 0 Å². The fraction of sp³-hybridized carbons (Fsp3) is 0.522. The van der Waals surface area contributed by atoms with Crippen LogP contribution in [0.4, 0.5) is 4.79 Å². The minimum atomic E-state index is -1.04. The second-order valence-corrected chi connectivity index (χ2v) is 8.85. The normalized spacial score (nSPS) is 24.9. The van der Waals surface area contributed by atoms with E-state index in [1.54, 1.807) is 13.0 Å². The Morgan fingerprint density at radius 2 is 1.95 bits per heavy atom. The van der Waals surface area contributed by atoms with E-state index in [1.807, 2.05) is 0 Å². The number of nitrogens with zero attached hydrogens (tertiary/aromatic N) is 3. The van der Waals surface area contributed by atoms with Gasteiger partial charge < -0.3 is 24.3 Å². The van der Waals surface area contributed by atoms with Gasteiger partial charge in [0, 0.05) is 25.1 Å². The van der Waals surface area contributed by atoms with Gasteiger partial charge in [-0.25, -0.2) is 19.8 Å². The number of fused-ring (bicyclic) bond motifs is 2. The molecule has 4 heterocycles. The summed E-state index contributed by atoms with van der Waals surface area (Å²) < 4.78 is 21.1. The fourth-order valence-corrected chi connectivity index (χ4v) is 4.69. The van der Waals surface area contributed by atoms with Crippen LogP contribution in [-0.2, 0) is 23.9 Å². The summed E-state index contributed by atoms with van der Waals surface area (Å²) >= 11 is 0. The number of hydrogen-bond acceptors (Lipinski definition) is 9. The zero-order chi connectivity index (χ0) is 26.1. The molecule has 37 heavy (non-hydrogen) atoms. The summed E-state index contributed by atoms with van der Waals surface area (Å²) in [5, 5.41) is 6.10. The van der Waals surface area contributed by atoms with Crippen LogP contribution in [0.15, 0.2) is 18.2 Å². The number of cyclic esters (lactones) is 1. The monoisotopic (exact) mass is 517 g/mol. The number of hydrogen-bond donors (Lipinski definition) is 2. The summed E-state index contributed by atoms with van der Waals surface area (Å²) in [7, 11) is 0. The molecule has 1 aromatic rings. The summed E-state index contributed by atoms with van der Waals surface area (Å²) in [4.78, 5) is 64.4. The molecular formula is C23H27N5O9. The molecule has 0 radical (unpaired) electrons. The van der Waals surface area contributed by atoms with Crippen molar-refractivity contribution < 1.29 is 42.9 Å². The van der Waals surface area contributed by atoms with Crippen LogP contribution in [0.5, 0.6) is 11.5 Å². The largest absolute Gasteiger partial charge is 0.454 e. The number of amides is 5. The highest BCUT2D eigenvalue weighted by Gasteiger charge is 2.46. The third-order valence-corrected chi connectivity index (χ3v) is 6.46. The van der Waals surface area contributed by atoms with Crippen molar-refractivity contribution in [3.63, 3.8) is 0 Å². The maximum absolute atomic E-state index is 13.6. The van der Waals surface area contributed by atoms with Gasteiger partial charge in [0.1, 0.15) is 12.1 Å². The Hall–Kier alpha value is -4.07. The third kappa shape index (κ3) is 4.83. The quantitative estimate of drug-likeness (QED) is 0.492. The average Bonchev–Trinajstić information content (AvgIpc) is 3.47. The summed E-state index contributed by atoms with van der Waals surface area (Å²) in [6.45, 7) is 2.24. The molecule has 3 saturated heterocycles. The second-order valence-electron chi connectivity index (χ2n) is 8.85. The van der Waals surface area contributed by atoms with Crippen molar-refractivity contribution in [3.05, 3.63) is 23.8 Å². The third-order valence-electron chi connectivity index (χ3n) is 6.46. The first-order valence-corrected chi connectivity index (χ1v) is 12.1. The van der Waals surface area contributed by atoms with E-state index >= 15 is 0 Å². The van der Waals surface area contributed by atoms with Crippen LogP contribution in [0.25, 0.3) is 0 Å². The second kappa shape index (κ2) is 10.1. The van der Waals surface area contributed by atoms with E-state index in [4.69, 9.17) is 18.9 Å². The summed E-state index contributed by atoms with van der Waals surface area (Å²) in [6.07, 6.45) is -0.273. The van der Waals surface area contributed by atoms with E-state index in [1.165, 1.54) is 17.1 Å². The predicted octanol–water partition coefficient (Wildman–Crippen LogP) is -0.112. The summed E-state index contributed by atoms with van der Waals surface area (Å²) in [5.74, 6) is -1.09. The lowest BCUT2D eigenvalue weighted by atomic mass is 10.1. The predicted molar refractivity (Wildman–Crippen MR) is 121 cm³/mol. The number of rotatable bonds is 6. The van der Waals surface area contributed by atoms with Gasteiger partial charge in [0.15, 0.2) is 11.5 Å². The number of esters is 1. The lowest BCUT2D eigenvalue weighted by Gasteiger charge is -2.43. The topological polar surface area (TPSA) is 156 Å². The van der Waals surface area contributed by atoms with Gasteiger partial charge in [0.25, 0.3) is 5.91 Å². The van der Waals surface area contributed by atoms with Gasteiger partial charge in [0.2, 0.25) is 24.9 Å². The number of carbonyl (C=O) groups is 5. The van der Waals surface area contributed by atoms with Crippen molar-refractivity contribution in [1.82, 2.24) is 25.8 Å². The van der Waals surface area contributed by atoms with Crippen molar-refractivity contribution in [3.8, 4) is 11.5 Å². The van der Waals surface area contributed by atoms with E-state index in [9.17, 15) is 24.0 Å². The first kappa shape index (κ1) is 24.6. The molecular weight excluding hydrogens is 490 g/mol. The van der Waals surface area contributed by atoms with Crippen molar-refractivity contribution >= 4 is 29.7 Å². The molecule has 0 aliphatic carbocycles. The molecule has 3 unspecified atom stereocenters. The van der Waals surface area contributed by atoms with E-state index in [0.717, 1.165) is 10.0 Å². The average molecular weight is 517 g/mol. The molecule has 3 atom stereocenters. The Morgan fingerprint density at radius 1 is 1.14 bits per heavy atom. The van der Waals surface area contributed by atoms with Crippen LogP contribution >= 0.6 is 0 Å². The zero-order valence-electron chi connectivity index (χ0n) is 20.1. The van der Waals surface area contributed by atoms with E-state index < -0.39 is 42.2 Å². The Balaban J connectivity index is 1.32. The summed E-state index contributed by atoms with van der Waals surface area (Å²) in [6, 6.07) is 2.12. The fourth-order valence-electron chi connectivity index (χ4n) is 4.69. The van der Waals surface area contributed by atoms with Crippen LogP contribution in [0.1, 0.15) is 43.0 Å². The Labute approximate surface area is 211 Å². The maximum Gasteiger partial charge on any atom is 0.358 e. The molecule has 3 fully saturated rings. The summed E-state index contributed by atoms with van der Waals surface area (Å²) in [5.41, 5.74) is 2.77. The van der Waals surface area contributed by atoms with Crippen molar-refractivity contribution in [1.29, 1.82) is 0 Å². The molecule has 4 aliphatic heterocycles. The van der Waals surface area contributed by atoms with E-state index in [0.29, 0.717) is 17.9 Å². The van der Waals surface area contributed by atoms with Crippen LogP contribution in [0, 0.1) is 0 Å². The van der Waals surface area contributed by atoms with E-state index in [-0.39, 0.29) is 57.2 Å². The van der Waals surface area contributed by atoms with Crippen molar-refractivity contribution in [2.45, 2.75) is 51.0 Å². The van der Waals surface area contributed by atoms with Crippen LogP contribution < -0.4 is 20.2 Å². The minimum Gasteiger partial charge on any atom is -0.454 e. The van der Waals surface area contributed by atoms with Crippen molar-refractivity contribution in [2.24, 2.45) is 0 Å². The Kier molecular flexibility index (Phi) is 6.74. The van der Waals surface area contributed by atoms with E-state index in [2.05, 4.69) is 10.7 Å². The van der Waals surface area contributed by atoms with Gasteiger partial charge in [-0.3, -0.25) is 24.6 Å². The lowest BCUT2D eigenvalue weighted by molar-refractivity contribution is -0.166. The van der Waals surface area contributed by atoms with Crippen molar-refractivity contribution in [2.75, 3.05) is 26.5 Å². The highest BCUT2D eigenvalue weighted by atomic mass is 16.7. The Morgan fingerprint density at radius 3 is 2.76 bits per heavy atom. The molecule has 5 rings (SSSR count). The number of urea groups is 1. The zero-order valence-corrected chi connectivity index (χ0v) is 20.1. The molecule has 14 nitrogen and oxygen atoms in total. The maximum atomic E-state index is 13.6. The molecule has 0 saturated carbocycles. The lowest BCUT2D eigenvalue weighted by Crippen LogP contribution is -2.65. The number of ether oxygens (including phenoxy) is 4. The molecule has 14 heteroatoms. The Bertz CT molecular complexity index is 1130. The SMILES string of the molecule is CCOC1OC(=O)CC1NC(=O)C1CCCN2C(=O)CCN(NC(=O)c3ccc4c(c3)OCO4)C(=O)N12. The molecule has 198 valence electrons. The van der Waals surface area contributed by atoms with Gasteiger partial charge >= 0.3 is 12.0 Å². The molecule has 0 aromatic heterocycles. The first-order valence-electron chi connectivity index (χ1n) is 12.1. The van der Waals surface area contributed by atoms with Gasteiger partial charge in [0.05, 0.1) is 13.0 Å². The van der Waals surface area contributed by atoms with Gasteiger partial charge in [-0.1, -0.05) is 0 Å².